The van der Waals surface area contributed by atoms with Crippen LogP contribution in [0.4, 0.5) is 0 Å². The number of thioether (sulfide) groups is 1. The van der Waals surface area contributed by atoms with Gasteiger partial charge in [0.1, 0.15) is 11.4 Å². The molecule has 4 rings (SSSR count). The van der Waals surface area contributed by atoms with Crippen molar-refractivity contribution in [3.05, 3.63) is 60.0 Å². The number of pyridine rings is 1. The molecule has 0 aliphatic carbocycles. The standard InChI is InChI=1S/C16H14N6OS/c1-11-3-2-8-21-9-12(17-15(11)21)10-24-16-18-19-20-22(16)13-4-6-14(23)7-5-13/h2-9,23H,10H2,1H3. The maximum Gasteiger partial charge on any atom is 0.214 e. The van der Waals surface area contributed by atoms with Gasteiger partial charge in [-0.25, -0.2) is 4.98 Å². The highest BCUT2D eigenvalue weighted by Gasteiger charge is 2.11. The van der Waals surface area contributed by atoms with E-state index in [2.05, 4.69) is 20.5 Å². The number of aromatic hydroxyl groups is 1. The summed E-state index contributed by atoms with van der Waals surface area (Å²) in [5.74, 6) is 0.876. The van der Waals surface area contributed by atoms with Gasteiger partial charge in [-0.05, 0) is 53.2 Å². The first-order valence-electron chi connectivity index (χ1n) is 7.34. The average molecular weight is 338 g/mol. The maximum absolute atomic E-state index is 9.39. The molecule has 1 N–H and O–H groups in total. The average Bonchev–Trinajstić information content (AvgIpc) is 3.20. The molecule has 120 valence electrons. The van der Waals surface area contributed by atoms with Gasteiger partial charge in [-0.1, -0.05) is 17.8 Å². The predicted molar refractivity (Wildman–Crippen MR) is 90.3 cm³/mol. The summed E-state index contributed by atoms with van der Waals surface area (Å²) in [4.78, 5) is 4.66. The lowest BCUT2D eigenvalue weighted by Gasteiger charge is -2.03. The number of hydrogen-bond donors (Lipinski definition) is 1. The number of fused-ring (bicyclic) bond motifs is 1. The highest BCUT2D eigenvalue weighted by molar-refractivity contribution is 7.98. The number of phenols is 1. The minimum absolute atomic E-state index is 0.209. The Hall–Kier alpha value is -2.87. The highest BCUT2D eigenvalue weighted by Crippen LogP contribution is 2.23. The molecular weight excluding hydrogens is 324 g/mol. The lowest BCUT2D eigenvalue weighted by atomic mass is 10.3. The molecule has 0 saturated carbocycles. The number of nitrogens with zero attached hydrogens (tertiary/aromatic N) is 6. The smallest absolute Gasteiger partial charge is 0.214 e. The number of phenolic OH excluding ortho intramolecular Hbond substituents is 1. The molecule has 3 aromatic heterocycles. The molecule has 0 bridgehead atoms. The summed E-state index contributed by atoms with van der Waals surface area (Å²) in [6.07, 6.45) is 4.01. The van der Waals surface area contributed by atoms with Crippen molar-refractivity contribution in [2.24, 2.45) is 0 Å². The zero-order chi connectivity index (χ0) is 16.5. The Labute approximate surface area is 142 Å². The van der Waals surface area contributed by atoms with Crippen LogP contribution in [0.1, 0.15) is 11.3 Å². The van der Waals surface area contributed by atoms with Crippen molar-refractivity contribution >= 4 is 17.4 Å². The van der Waals surface area contributed by atoms with Crippen LogP contribution in [0.5, 0.6) is 5.75 Å². The molecule has 24 heavy (non-hydrogen) atoms. The minimum Gasteiger partial charge on any atom is -0.508 e. The third-order valence-corrected chi connectivity index (χ3v) is 4.57. The van der Waals surface area contributed by atoms with Gasteiger partial charge in [0, 0.05) is 18.1 Å². The van der Waals surface area contributed by atoms with E-state index in [-0.39, 0.29) is 5.75 Å². The van der Waals surface area contributed by atoms with Gasteiger partial charge in [0.2, 0.25) is 5.16 Å². The Bertz CT molecular complexity index is 991. The quantitative estimate of drug-likeness (QED) is 0.576. The van der Waals surface area contributed by atoms with Gasteiger partial charge in [-0.15, -0.1) is 5.10 Å². The number of benzene rings is 1. The molecule has 0 unspecified atom stereocenters. The molecule has 0 aliphatic heterocycles. The molecule has 0 spiro atoms. The van der Waals surface area contributed by atoms with Crippen molar-refractivity contribution < 1.29 is 5.11 Å². The molecule has 0 fully saturated rings. The van der Waals surface area contributed by atoms with E-state index >= 15 is 0 Å². The van der Waals surface area contributed by atoms with Crippen LogP contribution < -0.4 is 0 Å². The van der Waals surface area contributed by atoms with E-state index in [1.54, 1.807) is 28.9 Å². The van der Waals surface area contributed by atoms with Gasteiger partial charge in [-0.2, -0.15) is 4.68 Å². The molecule has 0 aliphatic rings. The predicted octanol–water partition coefficient (Wildman–Crippen LogP) is 2.62. The molecule has 4 aromatic rings. The summed E-state index contributed by atoms with van der Waals surface area (Å²) in [6, 6.07) is 10.8. The Kier molecular flexibility index (Phi) is 3.66. The zero-order valence-corrected chi connectivity index (χ0v) is 13.7. The fourth-order valence-corrected chi connectivity index (χ4v) is 3.21. The van der Waals surface area contributed by atoms with Crippen LogP contribution >= 0.6 is 11.8 Å². The fourth-order valence-electron chi connectivity index (χ4n) is 2.44. The van der Waals surface area contributed by atoms with Crippen molar-refractivity contribution in [2.45, 2.75) is 17.8 Å². The fraction of sp³-hybridized carbons (Fsp3) is 0.125. The number of imidazole rings is 1. The van der Waals surface area contributed by atoms with Crippen molar-refractivity contribution in [3.8, 4) is 11.4 Å². The molecule has 1 aromatic carbocycles. The first-order chi connectivity index (χ1) is 11.7. The van der Waals surface area contributed by atoms with E-state index in [0.29, 0.717) is 10.9 Å². The van der Waals surface area contributed by atoms with Gasteiger partial charge in [0.25, 0.3) is 0 Å². The number of tetrazole rings is 1. The largest absolute Gasteiger partial charge is 0.508 e. The second kappa shape index (κ2) is 5.97. The lowest BCUT2D eigenvalue weighted by Crippen LogP contribution is -1.98. The van der Waals surface area contributed by atoms with Gasteiger partial charge in [-0.3, -0.25) is 0 Å². The molecule has 8 heteroatoms. The van der Waals surface area contributed by atoms with Crippen LogP contribution in [0.3, 0.4) is 0 Å². The van der Waals surface area contributed by atoms with Crippen LogP contribution in [0.2, 0.25) is 0 Å². The van der Waals surface area contributed by atoms with Crippen molar-refractivity contribution in [1.29, 1.82) is 0 Å². The topological polar surface area (TPSA) is 81.1 Å². The molecule has 0 radical (unpaired) electrons. The van der Waals surface area contributed by atoms with E-state index in [1.807, 2.05) is 35.9 Å². The van der Waals surface area contributed by atoms with Crippen LogP contribution in [0.25, 0.3) is 11.3 Å². The van der Waals surface area contributed by atoms with Crippen molar-refractivity contribution in [3.63, 3.8) is 0 Å². The van der Waals surface area contributed by atoms with E-state index in [4.69, 9.17) is 0 Å². The highest BCUT2D eigenvalue weighted by atomic mass is 32.2. The molecular formula is C16H14N6OS. The first-order valence-corrected chi connectivity index (χ1v) is 8.33. The summed E-state index contributed by atoms with van der Waals surface area (Å²) in [7, 11) is 0. The van der Waals surface area contributed by atoms with Gasteiger partial charge in [0.15, 0.2) is 0 Å². The summed E-state index contributed by atoms with van der Waals surface area (Å²) in [5.41, 5.74) is 3.87. The van der Waals surface area contributed by atoms with Crippen LogP contribution in [-0.2, 0) is 5.75 Å². The summed E-state index contributed by atoms with van der Waals surface area (Å²) >= 11 is 1.52. The minimum atomic E-state index is 0.209. The maximum atomic E-state index is 9.39. The van der Waals surface area contributed by atoms with E-state index in [0.717, 1.165) is 22.6 Å². The third kappa shape index (κ3) is 2.71. The van der Waals surface area contributed by atoms with Gasteiger partial charge >= 0.3 is 0 Å². The second-order valence-corrected chi connectivity index (χ2v) is 6.28. The second-order valence-electron chi connectivity index (χ2n) is 5.33. The van der Waals surface area contributed by atoms with Crippen molar-refractivity contribution in [1.82, 2.24) is 29.6 Å². The molecule has 0 amide bonds. The van der Waals surface area contributed by atoms with Crippen LogP contribution in [0.15, 0.2) is 53.9 Å². The Morgan fingerprint density at radius 3 is 2.79 bits per heavy atom. The SMILES string of the molecule is Cc1cccn2cc(CSc3nnnn3-c3ccc(O)cc3)nc12. The third-order valence-electron chi connectivity index (χ3n) is 3.61. The molecule has 0 saturated heterocycles. The summed E-state index contributed by atoms with van der Waals surface area (Å²) < 4.78 is 3.67. The van der Waals surface area contributed by atoms with Crippen LogP contribution in [-0.4, -0.2) is 34.7 Å². The monoisotopic (exact) mass is 338 g/mol. The molecule has 7 nitrogen and oxygen atoms in total. The normalized spacial score (nSPS) is 11.2. The summed E-state index contributed by atoms with van der Waals surface area (Å²) in [5, 5.41) is 21.9. The summed E-state index contributed by atoms with van der Waals surface area (Å²) in [6.45, 7) is 2.05. The Morgan fingerprint density at radius 2 is 2.00 bits per heavy atom. The Balaban J connectivity index is 1.57. The van der Waals surface area contributed by atoms with E-state index in [1.165, 1.54) is 11.8 Å². The van der Waals surface area contributed by atoms with Crippen LogP contribution in [0, 0.1) is 6.92 Å². The van der Waals surface area contributed by atoms with Gasteiger partial charge < -0.3 is 9.51 Å². The number of aromatic nitrogens is 6. The number of rotatable bonds is 4. The molecule has 0 atom stereocenters. The first kappa shape index (κ1) is 14.7. The van der Waals surface area contributed by atoms with E-state index in [9.17, 15) is 5.11 Å². The van der Waals surface area contributed by atoms with Gasteiger partial charge in [0.05, 0.1) is 11.4 Å². The van der Waals surface area contributed by atoms with Crippen molar-refractivity contribution in [2.75, 3.05) is 0 Å². The molecule has 3 heterocycles. The zero-order valence-electron chi connectivity index (χ0n) is 12.9. The number of aryl methyl sites for hydroxylation is 1. The Morgan fingerprint density at radius 1 is 1.17 bits per heavy atom. The lowest BCUT2D eigenvalue weighted by molar-refractivity contribution is 0.475. The number of hydrogen-bond acceptors (Lipinski definition) is 6. The van der Waals surface area contributed by atoms with E-state index < -0.39 is 0 Å².